The first kappa shape index (κ1) is 21.0. The van der Waals surface area contributed by atoms with Crippen molar-refractivity contribution in [2.24, 2.45) is 0 Å². The number of carbonyl (C=O) groups is 1. The Bertz CT molecular complexity index is 1110. The van der Waals surface area contributed by atoms with Gasteiger partial charge in [-0.2, -0.15) is 10.5 Å². The van der Waals surface area contributed by atoms with Gasteiger partial charge in [-0.3, -0.25) is 4.79 Å². The number of fused-ring (bicyclic) bond motifs is 1. The van der Waals surface area contributed by atoms with Gasteiger partial charge in [-0.25, -0.2) is 0 Å². The van der Waals surface area contributed by atoms with Crippen molar-refractivity contribution in [3.63, 3.8) is 0 Å². The highest BCUT2D eigenvalue weighted by molar-refractivity contribution is 7.16. The van der Waals surface area contributed by atoms with E-state index in [0.717, 1.165) is 50.0 Å². The van der Waals surface area contributed by atoms with Crippen molar-refractivity contribution in [1.29, 1.82) is 10.5 Å². The first-order chi connectivity index (χ1) is 15.1. The van der Waals surface area contributed by atoms with Crippen LogP contribution in [0.25, 0.3) is 6.08 Å². The van der Waals surface area contributed by atoms with Gasteiger partial charge in [0.2, 0.25) is 0 Å². The molecule has 7 heteroatoms. The summed E-state index contributed by atoms with van der Waals surface area (Å²) in [6, 6.07) is 10.1. The molecular formula is C24H24N4O2S. The summed E-state index contributed by atoms with van der Waals surface area (Å²) in [5.41, 5.74) is 3.32. The minimum absolute atomic E-state index is 0.0255. The Hall–Kier alpha value is -3.29. The van der Waals surface area contributed by atoms with Crippen molar-refractivity contribution in [3.05, 3.63) is 45.3 Å². The number of benzene rings is 1. The van der Waals surface area contributed by atoms with Crippen LogP contribution in [0.15, 0.2) is 23.8 Å². The molecule has 1 fully saturated rings. The molecule has 0 spiro atoms. The maximum Gasteiger partial charge on any atom is 0.266 e. The molecule has 1 amide bonds. The van der Waals surface area contributed by atoms with Gasteiger partial charge >= 0.3 is 0 Å². The lowest BCUT2D eigenvalue weighted by atomic mass is 9.96. The van der Waals surface area contributed by atoms with Crippen molar-refractivity contribution in [2.75, 3.05) is 30.4 Å². The van der Waals surface area contributed by atoms with Crippen LogP contribution in [0.2, 0.25) is 0 Å². The zero-order chi connectivity index (χ0) is 21.8. The number of aryl methyl sites for hydroxylation is 1. The Labute approximate surface area is 186 Å². The number of hydrogen-bond donors (Lipinski definition) is 1. The molecule has 2 aliphatic rings. The molecule has 1 N–H and O–H groups in total. The normalized spacial score (nSPS) is 15.7. The number of amides is 1. The minimum Gasteiger partial charge on any atom is -0.496 e. The first-order valence-electron chi connectivity index (χ1n) is 10.6. The van der Waals surface area contributed by atoms with Crippen molar-refractivity contribution in [2.45, 2.75) is 38.5 Å². The van der Waals surface area contributed by atoms with E-state index in [2.05, 4.69) is 16.3 Å². The minimum atomic E-state index is -0.511. The molecule has 0 atom stereocenters. The number of nitrogens with one attached hydrogen (secondary N) is 1. The topological polar surface area (TPSA) is 89.2 Å². The van der Waals surface area contributed by atoms with Crippen LogP contribution in [-0.4, -0.2) is 26.1 Å². The molecule has 1 aromatic carbocycles. The van der Waals surface area contributed by atoms with Gasteiger partial charge in [-0.05, 0) is 62.3 Å². The van der Waals surface area contributed by atoms with Gasteiger partial charge < -0.3 is 15.0 Å². The van der Waals surface area contributed by atoms with Gasteiger partial charge in [0, 0.05) is 35.3 Å². The van der Waals surface area contributed by atoms with E-state index >= 15 is 0 Å². The van der Waals surface area contributed by atoms with Crippen LogP contribution in [0.4, 0.5) is 10.7 Å². The van der Waals surface area contributed by atoms with E-state index < -0.39 is 5.91 Å². The summed E-state index contributed by atoms with van der Waals surface area (Å²) < 4.78 is 5.53. The fraction of sp³-hybridized carbons (Fsp3) is 0.375. The summed E-state index contributed by atoms with van der Waals surface area (Å²) in [6.45, 7) is 2.05. The van der Waals surface area contributed by atoms with Gasteiger partial charge in [0.1, 0.15) is 28.5 Å². The molecule has 4 rings (SSSR count). The number of rotatable bonds is 5. The summed E-state index contributed by atoms with van der Waals surface area (Å²) in [4.78, 5) is 16.3. The smallest absolute Gasteiger partial charge is 0.266 e. The monoisotopic (exact) mass is 432 g/mol. The SMILES string of the molecule is COc1cc(N2CCCC2)ccc1C=C(C#N)C(=O)Nc1sc2c(c1C#N)CCCC2. The average molecular weight is 433 g/mol. The van der Waals surface area contributed by atoms with Gasteiger partial charge in [0.15, 0.2) is 0 Å². The van der Waals surface area contributed by atoms with Gasteiger partial charge in [-0.15, -0.1) is 11.3 Å². The molecular weight excluding hydrogens is 408 g/mol. The highest BCUT2D eigenvalue weighted by Gasteiger charge is 2.23. The zero-order valence-electron chi connectivity index (χ0n) is 17.5. The van der Waals surface area contributed by atoms with Crippen LogP contribution in [0, 0.1) is 22.7 Å². The molecule has 6 nitrogen and oxygen atoms in total. The first-order valence-corrected chi connectivity index (χ1v) is 11.4. The fourth-order valence-electron chi connectivity index (χ4n) is 4.24. The van der Waals surface area contributed by atoms with Crippen molar-refractivity contribution >= 4 is 34.0 Å². The van der Waals surface area contributed by atoms with Gasteiger partial charge in [-0.1, -0.05) is 0 Å². The predicted octanol–water partition coefficient (Wildman–Crippen LogP) is 4.65. The molecule has 31 heavy (non-hydrogen) atoms. The van der Waals surface area contributed by atoms with Gasteiger partial charge in [0.05, 0.1) is 12.7 Å². The molecule has 0 radical (unpaired) electrons. The number of carbonyl (C=O) groups excluding carboxylic acids is 1. The van der Waals surface area contributed by atoms with E-state index in [0.29, 0.717) is 21.9 Å². The maximum atomic E-state index is 12.9. The largest absolute Gasteiger partial charge is 0.496 e. The number of ether oxygens (including phenoxy) is 1. The third-order valence-electron chi connectivity index (χ3n) is 5.86. The van der Waals surface area contributed by atoms with E-state index in [-0.39, 0.29) is 5.57 Å². The number of nitriles is 2. The molecule has 1 aliphatic heterocycles. The average Bonchev–Trinajstić information content (AvgIpc) is 3.45. The van der Waals surface area contributed by atoms with Crippen LogP contribution in [0.3, 0.4) is 0 Å². The molecule has 1 aromatic heterocycles. The van der Waals surface area contributed by atoms with E-state index in [4.69, 9.17) is 4.74 Å². The maximum absolute atomic E-state index is 12.9. The van der Waals surface area contributed by atoms with E-state index in [1.807, 2.05) is 24.3 Å². The molecule has 2 heterocycles. The molecule has 158 valence electrons. The fourth-order valence-corrected chi connectivity index (χ4v) is 5.47. The number of thiophene rings is 1. The third-order valence-corrected chi connectivity index (χ3v) is 7.07. The number of methoxy groups -OCH3 is 1. The van der Waals surface area contributed by atoms with Crippen LogP contribution < -0.4 is 15.0 Å². The van der Waals surface area contributed by atoms with Crippen LogP contribution in [-0.2, 0) is 17.6 Å². The lowest BCUT2D eigenvalue weighted by Crippen LogP contribution is -2.17. The Morgan fingerprint density at radius 3 is 2.68 bits per heavy atom. The standard InChI is InChI=1S/C24H24N4O2S/c1-30-21-13-18(28-10-4-5-11-28)9-8-16(21)12-17(14-25)23(29)27-24-20(15-26)19-6-2-3-7-22(19)31-24/h8-9,12-13H,2-7,10-11H2,1H3,(H,27,29). The van der Waals surface area contributed by atoms with E-state index in [1.54, 1.807) is 13.2 Å². The molecule has 2 aromatic rings. The molecule has 1 saturated heterocycles. The number of nitrogens with zero attached hydrogens (tertiary/aromatic N) is 3. The second kappa shape index (κ2) is 9.24. The summed E-state index contributed by atoms with van der Waals surface area (Å²) in [7, 11) is 1.59. The number of hydrogen-bond acceptors (Lipinski definition) is 6. The lowest BCUT2D eigenvalue weighted by molar-refractivity contribution is -0.112. The van der Waals surface area contributed by atoms with Crippen molar-refractivity contribution < 1.29 is 9.53 Å². The summed E-state index contributed by atoms with van der Waals surface area (Å²) in [5.74, 6) is 0.109. The lowest BCUT2D eigenvalue weighted by Gasteiger charge is -2.19. The highest BCUT2D eigenvalue weighted by atomic mass is 32.1. The Balaban J connectivity index is 1.59. The molecule has 0 bridgehead atoms. The molecule has 0 unspecified atom stereocenters. The van der Waals surface area contributed by atoms with Crippen molar-refractivity contribution in [3.8, 4) is 17.9 Å². The molecule has 0 saturated carbocycles. The van der Waals surface area contributed by atoms with E-state index in [1.165, 1.54) is 29.1 Å². The second-order valence-electron chi connectivity index (χ2n) is 7.77. The predicted molar refractivity (Wildman–Crippen MR) is 122 cm³/mol. The Morgan fingerprint density at radius 2 is 1.97 bits per heavy atom. The van der Waals surface area contributed by atoms with Crippen LogP contribution in [0.5, 0.6) is 5.75 Å². The zero-order valence-corrected chi connectivity index (χ0v) is 18.3. The van der Waals surface area contributed by atoms with E-state index in [9.17, 15) is 15.3 Å². The third kappa shape index (κ3) is 4.28. The van der Waals surface area contributed by atoms with Crippen LogP contribution >= 0.6 is 11.3 Å². The second-order valence-corrected chi connectivity index (χ2v) is 8.88. The summed E-state index contributed by atoms with van der Waals surface area (Å²) >= 11 is 1.45. The highest BCUT2D eigenvalue weighted by Crippen LogP contribution is 2.38. The number of anilines is 2. The van der Waals surface area contributed by atoms with Crippen LogP contribution in [0.1, 0.15) is 47.3 Å². The summed E-state index contributed by atoms with van der Waals surface area (Å²) in [6.07, 6.45) is 7.86. The summed E-state index contributed by atoms with van der Waals surface area (Å²) in [5, 5.41) is 22.6. The Morgan fingerprint density at radius 1 is 1.19 bits per heavy atom. The molecule has 1 aliphatic carbocycles. The Kier molecular flexibility index (Phi) is 6.25. The van der Waals surface area contributed by atoms with Crippen molar-refractivity contribution in [1.82, 2.24) is 0 Å². The quantitative estimate of drug-likeness (QED) is 0.549. The van der Waals surface area contributed by atoms with Gasteiger partial charge in [0.25, 0.3) is 5.91 Å².